The average Bonchev–Trinajstić information content (AvgIpc) is 3.20. The molecule has 2 aromatic rings. The van der Waals surface area contributed by atoms with Gasteiger partial charge in [0.25, 0.3) is 0 Å². The Morgan fingerprint density at radius 3 is 2.89 bits per heavy atom. The highest BCUT2D eigenvalue weighted by Crippen LogP contribution is 2.29. The van der Waals surface area contributed by atoms with E-state index in [0.717, 1.165) is 18.2 Å². The molecule has 0 spiro atoms. The molecular formula is C13H12ClN3O2. The number of carbonyl (C=O) groups is 1. The van der Waals surface area contributed by atoms with Crippen LogP contribution in [-0.2, 0) is 4.74 Å². The number of nitrogens with one attached hydrogen (secondary N) is 1. The standard InChI is InChI=1S/C13H12ClN3O2/c1-19-12(18)7-2-5-9-10(6-7)16-13(14)17-11(9)15-8-3-4-8/h2,5-6,8H,3-4H2,1H3,(H,15,16,17). The van der Waals surface area contributed by atoms with Crippen LogP contribution in [0.3, 0.4) is 0 Å². The van der Waals surface area contributed by atoms with Crippen molar-refractivity contribution in [3.63, 3.8) is 0 Å². The van der Waals surface area contributed by atoms with Gasteiger partial charge >= 0.3 is 5.97 Å². The quantitative estimate of drug-likeness (QED) is 0.690. The van der Waals surface area contributed by atoms with Gasteiger partial charge in [0.15, 0.2) is 0 Å². The molecule has 0 atom stereocenters. The zero-order valence-electron chi connectivity index (χ0n) is 10.3. The van der Waals surface area contributed by atoms with E-state index in [1.54, 1.807) is 12.1 Å². The summed E-state index contributed by atoms with van der Waals surface area (Å²) >= 11 is 5.92. The van der Waals surface area contributed by atoms with Gasteiger partial charge in [-0.2, -0.15) is 0 Å². The average molecular weight is 278 g/mol. The maximum atomic E-state index is 11.5. The molecule has 0 unspecified atom stereocenters. The first kappa shape index (κ1) is 12.2. The van der Waals surface area contributed by atoms with E-state index in [9.17, 15) is 4.79 Å². The van der Waals surface area contributed by atoms with Gasteiger partial charge in [-0.25, -0.2) is 14.8 Å². The number of halogens is 1. The normalized spacial score (nSPS) is 14.4. The Morgan fingerprint density at radius 1 is 1.42 bits per heavy atom. The number of esters is 1. The van der Waals surface area contributed by atoms with Crippen LogP contribution in [0.15, 0.2) is 18.2 Å². The zero-order valence-corrected chi connectivity index (χ0v) is 11.1. The van der Waals surface area contributed by atoms with E-state index in [4.69, 9.17) is 11.6 Å². The highest BCUT2D eigenvalue weighted by atomic mass is 35.5. The Hall–Kier alpha value is -1.88. The number of rotatable bonds is 3. The minimum atomic E-state index is -0.395. The number of fused-ring (bicyclic) bond motifs is 1. The Labute approximate surface area is 114 Å². The number of hydrogen-bond donors (Lipinski definition) is 1. The minimum Gasteiger partial charge on any atom is -0.465 e. The van der Waals surface area contributed by atoms with Gasteiger partial charge < -0.3 is 10.1 Å². The van der Waals surface area contributed by atoms with E-state index in [0.29, 0.717) is 22.9 Å². The summed E-state index contributed by atoms with van der Waals surface area (Å²) in [6, 6.07) is 5.63. The highest BCUT2D eigenvalue weighted by Gasteiger charge is 2.23. The van der Waals surface area contributed by atoms with Gasteiger partial charge in [0.1, 0.15) is 5.82 Å². The second kappa shape index (κ2) is 4.66. The topological polar surface area (TPSA) is 64.1 Å². The van der Waals surface area contributed by atoms with Crippen molar-refractivity contribution >= 4 is 34.3 Å². The zero-order chi connectivity index (χ0) is 13.4. The highest BCUT2D eigenvalue weighted by molar-refractivity contribution is 6.28. The second-order valence-corrected chi connectivity index (χ2v) is 4.82. The SMILES string of the molecule is COC(=O)c1ccc2c(NC3CC3)nc(Cl)nc2c1. The van der Waals surface area contributed by atoms with Crippen LogP contribution in [-0.4, -0.2) is 29.1 Å². The largest absolute Gasteiger partial charge is 0.465 e. The summed E-state index contributed by atoms with van der Waals surface area (Å²) in [5.74, 6) is 0.322. The molecule has 1 N–H and O–H groups in total. The van der Waals surface area contributed by atoms with Gasteiger partial charge in [0.2, 0.25) is 5.28 Å². The van der Waals surface area contributed by atoms with Gasteiger partial charge in [-0.05, 0) is 42.6 Å². The fraction of sp³-hybridized carbons (Fsp3) is 0.308. The van der Waals surface area contributed by atoms with Crippen LogP contribution >= 0.6 is 11.6 Å². The summed E-state index contributed by atoms with van der Waals surface area (Å²) in [7, 11) is 1.35. The lowest BCUT2D eigenvalue weighted by atomic mass is 10.1. The molecule has 0 amide bonds. The molecule has 1 fully saturated rings. The molecule has 5 nitrogen and oxygen atoms in total. The van der Waals surface area contributed by atoms with Crippen LogP contribution in [0, 0.1) is 0 Å². The first-order valence-corrected chi connectivity index (χ1v) is 6.37. The molecule has 0 saturated heterocycles. The molecule has 1 heterocycles. The molecule has 1 saturated carbocycles. The molecule has 6 heteroatoms. The van der Waals surface area contributed by atoms with Crippen molar-refractivity contribution in [2.24, 2.45) is 0 Å². The summed E-state index contributed by atoms with van der Waals surface area (Å²) in [5.41, 5.74) is 1.08. The van der Waals surface area contributed by atoms with Crippen LogP contribution in [0.25, 0.3) is 10.9 Å². The van der Waals surface area contributed by atoms with Gasteiger partial charge in [-0.1, -0.05) is 0 Å². The molecule has 0 radical (unpaired) electrons. The summed E-state index contributed by atoms with van der Waals surface area (Å²) in [6.45, 7) is 0. The van der Waals surface area contributed by atoms with Crippen LogP contribution in [0.4, 0.5) is 5.82 Å². The monoisotopic (exact) mass is 277 g/mol. The maximum absolute atomic E-state index is 11.5. The third-order valence-electron chi connectivity index (χ3n) is 3.01. The number of anilines is 1. The van der Waals surface area contributed by atoms with Crippen LogP contribution in [0.1, 0.15) is 23.2 Å². The number of aromatic nitrogens is 2. The third kappa shape index (κ3) is 2.46. The number of benzene rings is 1. The molecule has 98 valence electrons. The van der Waals surface area contributed by atoms with Crippen molar-refractivity contribution in [2.45, 2.75) is 18.9 Å². The first-order valence-electron chi connectivity index (χ1n) is 5.99. The van der Waals surface area contributed by atoms with Crippen molar-refractivity contribution < 1.29 is 9.53 Å². The van der Waals surface area contributed by atoms with Gasteiger partial charge in [0.05, 0.1) is 18.2 Å². The van der Waals surface area contributed by atoms with E-state index in [1.165, 1.54) is 7.11 Å². The lowest BCUT2D eigenvalue weighted by Crippen LogP contribution is -2.06. The van der Waals surface area contributed by atoms with E-state index in [1.807, 2.05) is 6.07 Å². The van der Waals surface area contributed by atoms with Crippen molar-refractivity contribution in [1.29, 1.82) is 0 Å². The fourth-order valence-electron chi connectivity index (χ4n) is 1.88. The molecule has 0 bridgehead atoms. The Bertz CT molecular complexity index is 656. The molecule has 1 aromatic carbocycles. The number of methoxy groups -OCH3 is 1. The first-order chi connectivity index (χ1) is 9.17. The van der Waals surface area contributed by atoms with Crippen LogP contribution in [0.2, 0.25) is 5.28 Å². The van der Waals surface area contributed by atoms with E-state index < -0.39 is 5.97 Å². The number of hydrogen-bond acceptors (Lipinski definition) is 5. The van der Waals surface area contributed by atoms with E-state index >= 15 is 0 Å². The molecule has 3 rings (SSSR count). The summed E-state index contributed by atoms with van der Waals surface area (Å²) in [5, 5.41) is 4.33. The summed E-state index contributed by atoms with van der Waals surface area (Å²) < 4.78 is 4.69. The molecule has 1 aliphatic rings. The second-order valence-electron chi connectivity index (χ2n) is 4.48. The lowest BCUT2D eigenvalue weighted by molar-refractivity contribution is 0.0601. The number of ether oxygens (including phenoxy) is 1. The summed E-state index contributed by atoms with van der Waals surface area (Å²) in [4.78, 5) is 19.9. The minimum absolute atomic E-state index is 0.165. The van der Waals surface area contributed by atoms with E-state index in [2.05, 4.69) is 20.0 Å². The van der Waals surface area contributed by atoms with Gasteiger partial charge in [0, 0.05) is 11.4 Å². The van der Waals surface area contributed by atoms with Crippen molar-refractivity contribution in [3.05, 3.63) is 29.0 Å². The lowest BCUT2D eigenvalue weighted by Gasteiger charge is -2.08. The molecular weight excluding hydrogens is 266 g/mol. The van der Waals surface area contributed by atoms with Crippen molar-refractivity contribution in [2.75, 3.05) is 12.4 Å². The Balaban J connectivity index is 2.09. The van der Waals surface area contributed by atoms with E-state index in [-0.39, 0.29) is 5.28 Å². The molecule has 19 heavy (non-hydrogen) atoms. The van der Waals surface area contributed by atoms with Crippen LogP contribution in [0.5, 0.6) is 0 Å². The van der Waals surface area contributed by atoms with Gasteiger partial charge in [-0.15, -0.1) is 0 Å². The molecule has 1 aromatic heterocycles. The predicted octanol–water partition coefficient (Wildman–Crippen LogP) is 2.64. The Morgan fingerprint density at radius 2 is 2.21 bits per heavy atom. The maximum Gasteiger partial charge on any atom is 0.337 e. The molecule has 1 aliphatic carbocycles. The number of carbonyl (C=O) groups excluding carboxylic acids is 1. The van der Waals surface area contributed by atoms with Crippen molar-refractivity contribution in [1.82, 2.24) is 9.97 Å². The third-order valence-corrected chi connectivity index (χ3v) is 3.18. The van der Waals surface area contributed by atoms with Gasteiger partial charge in [-0.3, -0.25) is 0 Å². The summed E-state index contributed by atoms with van der Waals surface area (Å²) in [6.07, 6.45) is 2.28. The number of nitrogens with zero attached hydrogens (tertiary/aromatic N) is 2. The molecule has 0 aliphatic heterocycles. The predicted molar refractivity (Wildman–Crippen MR) is 72.5 cm³/mol. The Kier molecular flexibility index (Phi) is 2.98. The van der Waals surface area contributed by atoms with Crippen LogP contribution < -0.4 is 5.32 Å². The smallest absolute Gasteiger partial charge is 0.337 e. The fourth-order valence-corrected chi connectivity index (χ4v) is 2.05. The van der Waals surface area contributed by atoms with Crippen molar-refractivity contribution in [3.8, 4) is 0 Å².